The highest BCUT2D eigenvalue weighted by atomic mass is 79.9. The van der Waals surface area contributed by atoms with Gasteiger partial charge in [0.05, 0.1) is 12.7 Å². The lowest BCUT2D eigenvalue weighted by molar-refractivity contribution is 0.0949. The Balaban J connectivity index is 2.63. The fourth-order valence-corrected chi connectivity index (χ4v) is 1.52. The molecule has 1 aromatic carbocycles. The summed E-state index contributed by atoms with van der Waals surface area (Å²) in [5.74, 6) is -0.583. The minimum atomic E-state index is -0.575. The summed E-state index contributed by atoms with van der Waals surface area (Å²) in [5.41, 5.74) is 0.0352. The number of amides is 1. The summed E-state index contributed by atoms with van der Waals surface area (Å²) < 4.78 is 18.4. The molecule has 0 saturated heterocycles. The minimum absolute atomic E-state index is 0.0352. The lowest BCUT2D eigenvalue weighted by Gasteiger charge is -2.08. The van der Waals surface area contributed by atoms with Gasteiger partial charge in [0.15, 0.2) is 0 Å². The Kier molecular flexibility index (Phi) is 5.41. The minimum Gasteiger partial charge on any atom is -0.497 e. The van der Waals surface area contributed by atoms with Crippen LogP contribution >= 0.6 is 15.9 Å². The molecule has 0 aliphatic rings. The van der Waals surface area contributed by atoms with Crippen molar-refractivity contribution in [3.8, 4) is 5.75 Å². The van der Waals surface area contributed by atoms with E-state index in [1.807, 2.05) is 6.92 Å². The van der Waals surface area contributed by atoms with E-state index in [0.29, 0.717) is 17.1 Å². The molecule has 0 spiro atoms. The van der Waals surface area contributed by atoms with Gasteiger partial charge in [-0.05, 0) is 18.6 Å². The first kappa shape index (κ1) is 14.0. The van der Waals surface area contributed by atoms with Gasteiger partial charge in [0.2, 0.25) is 0 Å². The Morgan fingerprint density at radius 2 is 2.29 bits per heavy atom. The van der Waals surface area contributed by atoms with Crippen molar-refractivity contribution in [1.82, 2.24) is 5.32 Å². The Labute approximate surface area is 108 Å². The molecule has 17 heavy (non-hydrogen) atoms. The second-order valence-corrected chi connectivity index (χ2v) is 5.23. The van der Waals surface area contributed by atoms with Crippen LogP contribution < -0.4 is 10.1 Å². The first-order valence-electron chi connectivity index (χ1n) is 5.30. The maximum atomic E-state index is 13.5. The molecule has 0 heterocycles. The molecule has 1 aromatic rings. The largest absolute Gasteiger partial charge is 0.497 e. The molecule has 1 rings (SSSR count). The van der Waals surface area contributed by atoms with E-state index >= 15 is 0 Å². The number of nitrogens with one attached hydrogen (secondary N) is 1. The number of halogens is 2. The van der Waals surface area contributed by atoms with Crippen molar-refractivity contribution in [3.63, 3.8) is 0 Å². The zero-order valence-electron chi connectivity index (χ0n) is 9.80. The zero-order chi connectivity index (χ0) is 12.8. The molecule has 0 aliphatic carbocycles. The standard InChI is InChI=1S/C12H15BrFNO2/c1-8(13)5-6-15-12(16)10-4-3-9(17-2)7-11(10)14/h3-4,7-8H,5-6H2,1-2H3,(H,15,16). The van der Waals surface area contributed by atoms with Crippen LogP contribution in [0.2, 0.25) is 0 Å². The fraction of sp³-hybridized carbons (Fsp3) is 0.417. The summed E-state index contributed by atoms with van der Waals surface area (Å²) in [6, 6.07) is 4.17. The van der Waals surface area contributed by atoms with E-state index in [1.54, 1.807) is 6.07 Å². The molecule has 0 saturated carbocycles. The van der Waals surface area contributed by atoms with Crippen LogP contribution in [-0.2, 0) is 0 Å². The van der Waals surface area contributed by atoms with E-state index < -0.39 is 11.7 Å². The SMILES string of the molecule is COc1ccc(C(=O)NCCC(C)Br)c(F)c1. The van der Waals surface area contributed by atoms with E-state index in [1.165, 1.54) is 19.2 Å². The molecule has 1 unspecified atom stereocenters. The van der Waals surface area contributed by atoms with Crippen LogP contribution in [0.15, 0.2) is 18.2 Å². The third kappa shape index (κ3) is 4.34. The molecule has 0 fully saturated rings. The lowest BCUT2D eigenvalue weighted by atomic mass is 10.2. The van der Waals surface area contributed by atoms with Crippen LogP contribution in [0.3, 0.4) is 0 Å². The third-order valence-corrected chi connectivity index (χ3v) is 2.71. The molecule has 0 aromatic heterocycles. The summed E-state index contributed by atoms with van der Waals surface area (Å²) in [7, 11) is 1.45. The summed E-state index contributed by atoms with van der Waals surface area (Å²) in [5, 5.41) is 2.66. The number of carbonyl (C=O) groups excluding carboxylic acids is 1. The van der Waals surface area contributed by atoms with Gasteiger partial charge in [-0.25, -0.2) is 4.39 Å². The monoisotopic (exact) mass is 303 g/mol. The number of hydrogen-bond acceptors (Lipinski definition) is 2. The van der Waals surface area contributed by atoms with Gasteiger partial charge in [-0.1, -0.05) is 22.9 Å². The van der Waals surface area contributed by atoms with Crippen LogP contribution in [0, 0.1) is 5.82 Å². The molecule has 3 nitrogen and oxygen atoms in total. The number of benzene rings is 1. The number of hydrogen-bond donors (Lipinski definition) is 1. The molecular formula is C12H15BrFNO2. The molecule has 0 radical (unpaired) electrons. The zero-order valence-corrected chi connectivity index (χ0v) is 11.4. The second-order valence-electron chi connectivity index (χ2n) is 3.67. The average Bonchev–Trinajstić information content (AvgIpc) is 2.28. The van der Waals surface area contributed by atoms with E-state index in [-0.39, 0.29) is 5.56 Å². The fourth-order valence-electron chi connectivity index (χ4n) is 1.29. The first-order valence-corrected chi connectivity index (χ1v) is 6.22. The number of ether oxygens (including phenoxy) is 1. The number of carbonyl (C=O) groups is 1. The Morgan fingerprint density at radius 1 is 1.59 bits per heavy atom. The predicted molar refractivity (Wildman–Crippen MR) is 68.3 cm³/mol. The van der Waals surface area contributed by atoms with Gasteiger partial charge in [0.25, 0.3) is 5.91 Å². The van der Waals surface area contributed by atoms with Crippen molar-refractivity contribution >= 4 is 21.8 Å². The smallest absolute Gasteiger partial charge is 0.254 e. The topological polar surface area (TPSA) is 38.3 Å². The quantitative estimate of drug-likeness (QED) is 0.850. The van der Waals surface area contributed by atoms with E-state index in [9.17, 15) is 9.18 Å². The van der Waals surface area contributed by atoms with Crippen LogP contribution in [-0.4, -0.2) is 24.4 Å². The molecule has 1 atom stereocenters. The normalized spacial score (nSPS) is 12.0. The number of methoxy groups -OCH3 is 1. The maximum absolute atomic E-state index is 13.5. The molecule has 5 heteroatoms. The van der Waals surface area contributed by atoms with Crippen molar-refractivity contribution in [2.24, 2.45) is 0 Å². The van der Waals surface area contributed by atoms with Crippen molar-refractivity contribution < 1.29 is 13.9 Å². The average molecular weight is 304 g/mol. The molecule has 0 aliphatic heterocycles. The van der Waals surface area contributed by atoms with Gasteiger partial charge in [-0.15, -0.1) is 0 Å². The summed E-state index contributed by atoms with van der Waals surface area (Å²) in [4.78, 5) is 12.0. The Morgan fingerprint density at radius 3 is 2.82 bits per heavy atom. The molecule has 0 bridgehead atoms. The van der Waals surface area contributed by atoms with Gasteiger partial charge >= 0.3 is 0 Å². The third-order valence-electron chi connectivity index (χ3n) is 2.25. The summed E-state index contributed by atoms with van der Waals surface area (Å²) >= 11 is 3.37. The van der Waals surface area contributed by atoms with Crippen LogP contribution in [0.5, 0.6) is 5.75 Å². The van der Waals surface area contributed by atoms with Crippen LogP contribution in [0.4, 0.5) is 4.39 Å². The van der Waals surface area contributed by atoms with Crippen molar-refractivity contribution in [3.05, 3.63) is 29.6 Å². The first-order chi connectivity index (χ1) is 8.04. The van der Waals surface area contributed by atoms with Crippen LogP contribution in [0.1, 0.15) is 23.7 Å². The molecule has 1 N–H and O–H groups in total. The van der Waals surface area contributed by atoms with Gasteiger partial charge in [0, 0.05) is 17.4 Å². The molecule has 1 amide bonds. The van der Waals surface area contributed by atoms with Crippen LogP contribution in [0.25, 0.3) is 0 Å². The predicted octanol–water partition coefficient (Wildman–Crippen LogP) is 2.74. The van der Waals surface area contributed by atoms with Crippen molar-refractivity contribution in [2.75, 3.05) is 13.7 Å². The van der Waals surface area contributed by atoms with Gasteiger partial charge in [-0.2, -0.15) is 0 Å². The van der Waals surface area contributed by atoms with Gasteiger partial charge < -0.3 is 10.1 Å². The highest BCUT2D eigenvalue weighted by Gasteiger charge is 2.12. The molecular weight excluding hydrogens is 289 g/mol. The second kappa shape index (κ2) is 6.59. The van der Waals surface area contributed by atoms with E-state index in [2.05, 4.69) is 21.2 Å². The van der Waals surface area contributed by atoms with Crippen molar-refractivity contribution in [1.29, 1.82) is 0 Å². The summed E-state index contributed by atoms with van der Waals surface area (Å²) in [6.07, 6.45) is 0.795. The summed E-state index contributed by atoms with van der Waals surface area (Å²) in [6.45, 7) is 2.50. The maximum Gasteiger partial charge on any atom is 0.254 e. The molecule has 94 valence electrons. The Bertz CT molecular complexity index is 396. The highest BCUT2D eigenvalue weighted by Crippen LogP contribution is 2.16. The lowest BCUT2D eigenvalue weighted by Crippen LogP contribution is -2.26. The number of rotatable bonds is 5. The van der Waals surface area contributed by atoms with Gasteiger partial charge in [-0.3, -0.25) is 4.79 Å². The van der Waals surface area contributed by atoms with Crippen molar-refractivity contribution in [2.45, 2.75) is 18.2 Å². The van der Waals surface area contributed by atoms with E-state index in [0.717, 1.165) is 6.42 Å². The Hall–Kier alpha value is -1.10. The van der Waals surface area contributed by atoms with E-state index in [4.69, 9.17) is 4.74 Å². The highest BCUT2D eigenvalue weighted by molar-refractivity contribution is 9.09. The number of alkyl halides is 1. The van der Waals surface area contributed by atoms with Gasteiger partial charge in [0.1, 0.15) is 11.6 Å².